The Morgan fingerprint density at radius 2 is 1.88 bits per heavy atom. The molecule has 2 rings (SSSR count). The van der Waals surface area contributed by atoms with Crippen LogP contribution in [-0.2, 0) is 17.6 Å². The first-order valence-corrected chi connectivity index (χ1v) is 5.49. The average molecular weight is 226 g/mol. The number of carbonyl (C=O) groups excluding carboxylic acids is 1. The maximum atomic E-state index is 11.8. The van der Waals surface area contributed by atoms with Gasteiger partial charge in [-0.25, -0.2) is 0 Å². The second-order valence-electron chi connectivity index (χ2n) is 4.00. The predicted octanol–water partition coefficient (Wildman–Crippen LogP) is 2.02. The van der Waals surface area contributed by atoms with Crippen LogP contribution >= 0.6 is 0 Å². The minimum absolute atomic E-state index is 0.170. The zero-order valence-corrected chi connectivity index (χ0v) is 9.47. The van der Waals surface area contributed by atoms with Crippen molar-refractivity contribution in [3.63, 3.8) is 0 Å². The number of nitrogens with zero attached hydrogens (tertiary/aromatic N) is 1. The summed E-state index contributed by atoms with van der Waals surface area (Å²) in [7, 11) is 0. The molecule has 0 atom stereocenters. The third-order valence-corrected chi connectivity index (χ3v) is 2.48. The molecule has 0 aliphatic rings. The molecule has 86 valence electrons. The summed E-state index contributed by atoms with van der Waals surface area (Å²) in [4.78, 5) is 15.8. The quantitative estimate of drug-likeness (QED) is 0.811. The van der Waals surface area contributed by atoms with Gasteiger partial charge in [0.05, 0.1) is 0 Å². The Morgan fingerprint density at radius 1 is 1.12 bits per heavy atom. The maximum absolute atomic E-state index is 11.8. The number of rotatable bonds is 4. The standard InChI is InChI=1S/C14H14N2O/c15-13-5-1-3-11(7-13)8-14(17)9-12-4-2-6-16-10-12/h1-7,10H,8-9,15H2. The molecule has 0 aliphatic heterocycles. The number of nitrogen functional groups attached to an aromatic ring is 1. The highest BCUT2D eigenvalue weighted by Crippen LogP contribution is 2.09. The van der Waals surface area contributed by atoms with Crippen LogP contribution in [-0.4, -0.2) is 10.8 Å². The van der Waals surface area contributed by atoms with Gasteiger partial charge in [0.15, 0.2) is 0 Å². The Morgan fingerprint density at radius 3 is 2.59 bits per heavy atom. The molecule has 0 radical (unpaired) electrons. The molecule has 0 saturated carbocycles. The van der Waals surface area contributed by atoms with E-state index in [9.17, 15) is 4.79 Å². The fraction of sp³-hybridized carbons (Fsp3) is 0.143. The number of hydrogen-bond donors (Lipinski definition) is 1. The first kappa shape index (κ1) is 11.3. The second-order valence-corrected chi connectivity index (χ2v) is 4.00. The average Bonchev–Trinajstić information content (AvgIpc) is 2.30. The Kier molecular flexibility index (Phi) is 3.50. The highest BCUT2D eigenvalue weighted by molar-refractivity contribution is 5.83. The first-order valence-electron chi connectivity index (χ1n) is 5.49. The molecule has 1 aromatic carbocycles. The summed E-state index contributed by atoms with van der Waals surface area (Å²) >= 11 is 0. The van der Waals surface area contributed by atoms with Gasteiger partial charge in [0, 0.05) is 30.9 Å². The van der Waals surface area contributed by atoms with E-state index in [0.29, 0.717) is 18.5 Å². The highest BCUT2D eigenvalue weighted by Gasteiger charge is 2.05. The first-order chi connectivity index (χ1) is 8.24. The molecular formula is C14H14N2O. The summed E-state index contributed by atoms with van der Waals surface area (Å²) in [5, 5.41) is 0. The van der Waals surface area contributed by atoms with Crippen molar-refractivity contribution < 1.29 is 4.79 Å². The fourth-order valence-corrected chi connectivity index (χ4v) is 1.72. The van der Waals surface area contributed by atoms with Gasteiger partial charge in [-0.2, -0.15) is 0 Å². The van der Waals surface area contributed by atoms with Crippen molar-refractivity contribution in [2.45, 2.75) is 12.8 Å². The summed E-state index contributed by atoms with van der Waals surface area (Å²) in [6, 6.07) is 11.2. The van der Waals surface area contributed by atoms with Crippen LogP contribution in [0.2, 0.25) is 0 Å². The Labute approximate surface area is 100 Å². The van der Waals surface area contributed by atoms with E-state index in [0.717, 1.165) is 11.1 Å². The van der Waals surface area contributed by atoms with E-state index in [1.165, 1.54) is 0 Å². The molecule has 0 fully saturated rings. The van der Waals surface area contributed by atoms with Crippen LogP contribution in [0.4, 0.5) is 5.69 Å². The minimum atomic E-state index is 0.170. The van der Waals surface area contributed by atoms with Gasteiger partial charge in [0.25, 0.3) is 0 Å². The predicted molar refractivity (Wildman–Crippen MR) is 67.5 cm³/mol. The highest BCUT2D eigenvalue weighted by atomic mass is 16.1. The Hall–Kier alpha value is -2.16. The van der Waals surface area contributed by atoms with Gasteiger partial charge in [-0.15, -0.1) is 0 Å². The lowest BCUT2D eigenvalue weighted by Gasteiger charge is -2.02. The summed E-state index contributed by atoms with van der Waals surface area (Å²) in [6.07, 6.45) is 4.26. The number of Topliss-reactive ketones (excluding diaryl/α,β-unsaturated/α-hetero) is 1. The van der Waals surface area contributed by atoms with Crippen molar-refractivity contribution in [3.05, 3.63) is 59.9 Å². The van der Waals surface area contributed by atoms with Gasteiger partial charge in [0.1, 0.15) is 5.78 Å². The molecule has 0 spiro atoms. The Balaban J connectivity index is 1.98. The maximum Gasteiger partial charge on any atom is 0.141 e. The smallest absolute Gasteiger partial charge is 0.141 e. The van der Waals surface area contributed by atoms with E-state index < -0.39 is 0 Å². The molecule has 2 aromatic rings. The molecule has 0 aliphatic carbocycles. The summed E-state index contributed by atoms with van der Waals surface area (Å²) in [6.45, 7) is 0. The van der Waals surface area contributed by atoms with E-state index in [-0.39, 0.29) is 5.78 Å². The number of anilines is 1. The molecule has 2 N–H and O–H groups in total. The van der Waals surface area contributed by atoms with Gasteiger partial charge in [-0.1, -0.05) is 18.2 Å². The topological polar surface area (TPSA) is 56.0 Å². The zero-order valence-electron chi connectivity index (χ0n) is 9.47. The van der Waals surface area contributed by atoms with E-state index in [1.54, 1.807) is 12.4 Å². The molecule has 3 heteroatoms. The zero-order chi connectivity index (χ0) is 12.1. The molecule has 0 saturated heterocycles. The second kappa shape index (κ2) is 5.25. The number of benzene rings is 1. The number of hydrogen-bond acceptors (Lipinski definition) is 3. The van der Waals surface area contributed by atoms with Crippen LogP contribution in [0.1, 0.15) is 11.1 Å². The summed E-state index contributed by atoms with van der Waals surface area (Å²) in [5.41, 5.74) is 8.26. The molecule has 0 bridgehead atoms. The minimum Gasteiger partial charge on any atom is -0.399 e. The van der Waals surface area contributed by atoms with Crippen molar-refractivity contribution >= 4 is 11.5 Å². The largest absolute Gasteiger partial charge is 0.399 e. The van der Waals surface area contributed by atoms with E-state index in [4.69, 9.17) is 5.73 Å². The van der Waals surface area contributed by atoms with Crippen molar-refractivity contribution in [1.29, 1.82) is 0 Å². The number of ketones is 1. The third kappa shape index (κ3) is 3.41. The van der Waals surface area contributed by atoms with Crippen LogP contribution in [0.15, 0.2) is 48.8 Å². The van der Waals surface area contributed by atoms with Gasteiger partial charge < -0.3 is 5.73 Å². The van der Waals surface area contributed by atoms with Gasteiger partial charge >= 0.3 is 0 Å². The van der Waals surface area contributed by atoms with E-state index in [2.05, 4.69) is 4.98 Å². The van der Waals surface area contributed by atoms with Crippen LogP contribution in [0, 0.1) is 0 Å². The summed E-state index contributed by atoms with van der Waals surface area (Å²) < 4.78 is 0. The van der Waals surface area contributed by atoms with E-state index >= 15 is 0 Å². The van der Waals surface area contributed by atoms with Gasteiger partial charge in [-0.3, -0.25) is 9.78 Å². The van der Waals surface area contributed by atoms with Gasteiger partial charge in [-0.05, 0) is 29.3 Å². The molecular weight excluding hydrogens is 212 g/mol. The lowest BCUT2D eigenvalue weighted by atomic mass is 10.0. The summed E-state index contributed by atoms with van der Waals surface area (Å²) in [5.74, 6) is 0.170. The van der Waals surface area contributed by atoms with E-state index in [1.807, 2.05) is 36.4 Å². The molecule has 17 heavy (non-hydrogen) atoms. The number of aromatic nitrogens is 1. The van der Waals surface area contributed by atoms with Crippen LogP contribution in [0.5, 0.6) is 0 Å². The van der Waals surface area contributed by atoms with Crippen molar-refractivity contribution in [3.8, 4) is 0 Å². The number of pyridine rings is 1. The SMILES string of the molecule is Nc1cccc(CC(=O)Cc2cccnc2)c1. The third-order valence-electron chi connectivity index (χ3n) is 2.48. The van der Waals surface area contributed by atoms with Crippen molar-refractivity contribution in [1.82, 2.24) is 4.98 Å². The molecule has 1 aromatic heterocycles. The lowest BCUT2D eigenvalue weighted by Crippen LogP contribution is -2.06. The monoisotopic (exact) mass is 226 g/mol. The van der Waals surface area contributed by atoms with Crippen LogP contribution < -0.4 is 5.73 Å². The normalized spacial score (nSPS) is 10.1. The number of carbonyl (C=O) groups is 1. The molecule has 3 nitrogen and oxygen atoms in total. The molecule has 1 heterocycles. The van der Waals surface area contributed by atoms with Crippen LogP contribution in [0.3, 0.4) is 0 Å². The van der Waals surface area contributed by atoms with Crippen molar-refractivity contribution in [2.24, 2.45) is 0 Å². The Bertz CT molecular complexity index is 509. The number of nitrogens with two attached hydrogens (primary N) is 1. The van der Waals surface area contributed by atoms with Crippen LogP contribution in [0.25, 0.3) is 0 Å². The lowest BCUT2D eigenvalue weighted by molar-refractivity contribution is -0.117. The molecule has 0 amide bonds. The fourth-order valence-electron chi connectivity index (χ4n) is 1.72. The molecule has 0 unspecified atom stereocenters. The van der Waals surface area contributed by atoms with Gasteiger partial charge in [0.2, 0.25) is 0 Å². The van der Waals surface area contributed by atoms with Crippen molar-refractivity contribution in [2.75, 3.05) is 5.73 Å².